The molecule has 0 aliphatic rings. The van der Waals surface area contributed by atoms with Crippen LogP contribution >= 0.6 is 0 Å². The minimum absolute atomic E-state index is 0.588. The second kappa shape index (κ2) is 7.78. The van der Waals surface area contributed by atoms with E-state index < -0.39 is 0 Å². The molecule has 0 aromatic heterocycles. The molecule has 0 aromatic rings. The van der Waals surface area contributed by atoms with Crippen molar-refractivity contribution in [3.05, 3.63) is 12.2 Å². The summed E-state index contributed by atoms with van der Waals surface area (Å²) in [6.45, 7) is 9.56. The molecule has 0 rings (SSSR count). The Labute approximate surface area is 81.0 Å². The molecule has 3 heteroatoms. The molecule has 0 fully saturated rings. The zero-order valence-corrected chi connectivity index (χ0v) is 8.64. The summed E-state index contributed by atoms with van der Waals surface area (Å²) in [5.74, 6) is 0. The third-order valence-electron chi connectivity index (χ3n) is 1.72. The summed E-state index contributed by atoms with van der Waals surface area (Å²) in [7, 11) is 2.01. The van der Waals surface area contributed by atoms with E-state index in [1.807, 2.05) is 7.05 Å². The van der Waals surface area contributed by atoms with Crippen LogP contribution in [-0.4, -0.2) is 38.1 Å². The van der Waals surface area contributed by atoms with Crippen LogP contribution in [0.5, 0.6) is 0 Å². The van der Waals surface area contributed by atoms with Crippen molar-refractivity contribution in [3.8, 4) is 6.07 Å². The average Bonchev–Trinajstić information content (AvgIpc) is 2.11. The fourth-order valence-electron chi connectivity index (χ4n) is 1.06. The van der Waals surface area contributed by atoms with E-state index in [9.17, 15) is 0 Å². The van der Waals surface area contributed by atoms with Gasteiger partial charge in [-0.1, -0.05) is 13.5 Å². The Morgan fingerprint density at radius 1 is 1.62 bits per heavy atom. The third kappa shape index (κ3) is 7.51. The Bertz CT molecular complexity index is 181. The second-order valence-electron chi connectivity index (χ2n) is 3.18. The van der Waals surface area contributed by atoms with Crippen molar-refractivity contribution in [2.45, 2.75) is 13.3 Å². The number of hydrogen-bond donors (Lipinski definition) is 1. The predicted octanol–water partition coefficient (Wildman–Crippen LogP) is 0.998. The normalized spacial score (nSPS) is 10.0. The van der Waals surface area contributed by atoms with Gasteiger partial charge in [-0.3, -0.25) is 0 Å². The summed E-state index contributed by atoms with van der Waals surface area (Å²) in [5.41, 5.74) is 1.17. The number of nitriles is 1. The Morgan fingerprint density at radius 2 is 2.31 bits per heavy atom. The van der Waals surface area contributed by atoms with E-state index in [2.05, 4.69) is 29.8 Å². The van der Waals surface area contributed by atoms with Crippen molar-refractivity contribution < 1.29 is 0 Å². The zero-order chi connectivity index (χ0) is 10.1. The first kappa shape index (κ1) is 12.2. The number of likely N-dealkylation sites (N-methyl/N-ethyl adjacent to an activating group) is 2. The van der Waals surface area contributed by atoms with E-state index in [0.717, 1.165) is 26.2 Å². The monoisotopic (exact) mass is 181 g/mol. The Morgan fingerprint density at radius 3 is 2.85 bits per heavy atom. The highest BCUT2D eigenvalue weighted by Gasteiger charge is 1.99. The minimum atomic E-state index is 0.588. The summed E-state index contributed by atoms with van der Waals surface area (Å²) >= 11 is 0. The standard InChI is InChI=1S/C10H19N3/c1-4-12-8-10(2)9-13(3)7-5-6-11/h12H,2,4-5,7-9H2,1,3H3. The van der Waals surface area contributed by atoms with Crippen molar-refractivity contribution in [1.82, 2.24) is 10.2 Å². The molecule has 0 saturated heterocycles. The Hall–Kier alpha value is -0.850. The van der Waals surface area contributed by atoms with Crippen molar-refractivity contribution in [1.29, 1.82) is 5.26 Å². The van der Waals surface area contributed by atoms with Gasteiger partial charge in [-0.2, -0.15) is 5.26 Å². The molecule has 0 spiro atoms. The van der Waals surface area contributed by atoms with Crippen molar-refractivity contribution >= 4 is 0 Å². The van der Waals surface area contributed by atoms with E-state index in [1.54, 1.807) is 0 Å². The van der Waals surface area contributed by atoms with Gasteiger partial charge in [0.05, 0.1) is 6.07 Å². The van der Waals surface area contributed by atoms with E-state index in [-0.39, 0.29) is 0 Å². The minimum Gasteiger partial charge on any atom is -0.313 e. The highest BCUT2D eigenvalue weighted by Crippen LogP contribution is 1.93. The summed E-state index contributed by atoms with van der Waals surface area (Å²) < 4.78 is 0. The Kier molecular flexibility index (Phi) is 7.27. The third-order valence-corrected chi connectivity index (χ3v) is 1.72. The van der Waals surface area contributed by atoms with Gasteiger partial charge in [0.1, 0.15) is 0 Å². The molecule has 3 nitrogen and oxygen atoms in total. The van der Waals surface area contributed by atoms with Crippen LogP contribution in [0.3, 0.4) is 0 Å². The van der Waals surface area contributed by atoms with Crippen LogP contribution in [0.2, 0.25) is 0 Å². The van der Waals surface area contributed by atoms with Gasteiger partial charge in [-0.15, -0.1) is 0 Å². The van der Waals surface area contributed by atoms with Crippen LogP contribution in [0.4, 0.5) is 0 Å². The SMILES string of the molecule is C=C(CNCC)CN(C)CCC#N. The molecule has 0 aliphatic carbocycles. The topological polar surface area (TPSA) is 39.1 Å². The van der Waals surface area contributed by atoms with Gasteiger partial charge in [-0.05, 0) is 19.2 Å². The number of hydrogen-bond acceptors (Lipinski definition) is 3. The van der Waals surface area contributed by atoms with Crippen LogP contribution in [0.1, 0.15) is 13.3 Å². The van der Waals surface area contributed by atoms with Crippen molar-refractivity contribution in [2.24, 2.45) is 0 Å². The maximum absolute atomic E-state index is 8.38. The molecule has 13 heavy (non-hydrogen) atoms. The summed E-state index contributed by atoms with van der Waals surface area (Å²) in [4.78, 5) is 2.11. The van der Waals surface area contributed by atoms with Gasteiger partial charge >= 0.3 is 0 Å². The van der Waals surface area contributed by atoms with Crippen molar-refractivity contribution in [2.75, 3.05) is 33.2 Å². The predicted molar refractivity (Wildman–Crippen MR) is 55.4 cm³/mol. The van der Waals surface area contributed by atoms with E-state index >= 15 is 0 Å². The lowest BCUT2D eigenvalue weighted by Gasteiger charge is -2.16. The quantitative estimate of drug-likeness (QED) is 0.595. The van der Waals surface area contributed by atoms with Gasteiger partial charge < -0.3 is 10.2 Å². The number of nitrogens with zero attached hydrogens (tertiary/aromatic N) is 2. The molecule has 0 heterocycles. The zero-order valence-electron chi connectivity index (χ0n) is 8.64. The highest BCUT2D eigenvalue weighted by molar-refractivity contribution is 4.99. The molecule has 0 amide bonds. The first-order valence-electron chi connectivity index (χ1n) is 4.63. The first-order chi connectivity index (χ1) is 6.20. The van der Waals surface area contributed by atoms with Crippen LogP contribution in [0.25, 0.3) is 0 Å². The van der Waals surface area contributed by atoms with Gasteiger partial charge in [0.25, 0.3) is 0 Å². The maximum atomic E-state index is 8.38. The largest absolute Gasteiger partial charge is 0.313 e. The molecule has 0 aromatic carbocycles. The fourth-order valence-corrected chi connectivity index (χ4v) is 1.06. The average molecular weight is 181 g/mol. The molecule has 0 saturated carbocycles. The summed E-state index contributed by atoms with van der Waals surface area (Å²) in [5, 5.41) is 11.6. The van der Waals surface area contributed by atoms with Gasteiger partial charge in [0, 0.05) is 26.1 Å². The van der Waals surface area contributed by atoms with Crippen LogP contribution in [0, 0.1) is 11.3 Å². The van der Waals surface area contributed by atoms with E-state index in [1.165, 1.54) is 5.57 Å². The van der Waals surface area contributed by atoms with E-state index in [4.69, 9.17) is 5.26 Å². The molecule has 1 N–H and O–H groups in total. The molecule has 0 radical (unpaired) electrons. The maximum Gasteiger partial charge on any atom is 0.0635 e. The van der Waals surface area contributed by atoms with Crippen LogP contribution < -0.4 is 5.32 Å². The first-order valence-corrected chi connectivity index (χ1v) is 4.63. The van der Waals surface area contributed by atoms with Gasteiger partial charge in [0.15, 0.2) is 0 Å². The fraction of sp³-hybridized carbons (Fsp3) is 0.700. The Balaban J connectivity index is 3.48. The summed E-state index contributed by atoms with van der Waals surface area (Å²) in [6, 6.07) is 2.13. The highest BCUT2D eigenvalue weighted by atomic mass is 15.1. The molecule has 0 aliphatic heterocycles. The molecule has 74 valence electrons. The lowest BCUT2D eigenvalue weighted by atomic mass is 10.2. The lowest BCUT2D eigenvalue weighted by molar-refractivity contribution is 0.368. The van der Waals surface area contributed by atoms with Gasteiger partial charge in [0.2, 0.25) is 0 Å². The van der Waals surface area contributed by atoms with Gasteiger partial charge in [-0.25, -0.2) is 0 Å². The summed E-state index contributed by atoms with van der Waals surface area (Å²) in [6.07, 6.45) is 0.588. The molecular formula is C10H19N3. The molecular weight excluding hydrogens is 162 g/mol. The smallest absolute Gasteiger partial charge is 0.0635 e. The van der Waals surface area contributed by atoms with E-state index in [0.29, 0.717) is 6.42 Å². The molecule has 0 bridgehead atoms. The van der Waals surface area contributed by atoms with Crippen LogP contribution in [0.15, 0.2) is 12.2 Å². The second-order valence-corrected chi connectivity index (χ2v) is 3.18. The number of rotatable bonds is 7. The van der Waals surface area contributed by atoms with Crippen molar-refractivity contribution in [3.63, 3.8) is 0 Å². The molecule has 0 atom stereocenters. The lowest BCUT2D eigenvalue weighted by Crippen LogP contribution is -2.26. The molecule has 0 unspecified atom stereocenters. The number of nitrogens with one attached hydrogen (secondary N) is 1. The van der Waals surface area contributed by atoms with Crippen LogP contribution in [-0.2, 0) is 0 Å².